The highest BCUT2D eigenvalue weighted by atomic mass is 16.5. The standard InChI is InChI=1S/C10H8O/c1-2-4-9(5-3-1)6-7-10-8-11-10/h1-8H. The van der Waals surface area contributed by atoms with Gasteiger partial charge < -0.3 is 4.74 Å². The zero-order chi connectivity index (χ0) is 7.52. The first-order chi connectivity index (χ1) is 5.45. The third kappa shape index (κ3) is 1.71. The Bertz CT molecular complexity index is 296. The molecule has 0 bridgehead atoms. The van der Waals surface area contributed by atoms with Crippen molar-refractivity contribution in [3.8, 4) is 0 Å². The molecule has 0 spiro atoms. The van der Waals surface area contributed by atoms with Gasteiger partial charge in [0, 0.05) is 0 Å². The van der Waals surface area contributed by atoms with Crippen LogP contribution in [-0.4, -0.2) is 0 Å². The molecule has 0 aromatic heterocycles. The molecule has 1 heteroatoms. The van der Waals surface area contributed by atoms with Crippen molar-refractivity contribution in [3.05, 3.63) is 54.0 Å². The van der Waals surface area contributed by atoms with Crippen LogP contribution in [0.15, 0.2) is 48.4 Å². The van der Waals surface area contributed by atoms with Gasteiger partial charge in [0.2, 0.25) is 0 Å². The Morgan fingerprint density at radius 2 is 1.73 bits per heavy atom. The minimum absolute atomic E-state index is 0.953. The average molecular weight is 144 g/mol. The smallest absolute Gasteiger partial charge is 0.161 e. The summed E-state index contributed by atoms with van der Waals surface area (Å²) in [6.07, 6.45) is 5.70. The van der Waals surface area contributed by atoms with Gasteiger partial charge in [-0.2, -0.15) is 0 Å². The van der Waals surface area contributed by atoms with Crippen molar-refractivity contribution < 1.29 is 4.74 Å². The van der Waals surface area contributed by atoms with Crippen LogP contribution in [0.3, 0.4) is 0 Å². The van der Waals surface area contributed by atoms with Crippen LogP contribution in [-0.2, 0) is 4.74 Å². The lowest BCUT2D eigenvalue weighted by Crippen LogP contribution is -1.66. The van der Waals surface area contributed by atoms with E-state index < -0.39 is 0 Å². The SMILES string of the molecule is C(=Cc1ccccc1)C1=CO1. The van der Waals surface area contributed by atoms with E-state index in [1.165, 1.54) is 5.56 Å². The summed E-state index contributed by atoms with van der Waals surface area (Å²) in [5, 5.41) is 0. The highest BCUT2D eigenvalue weighted by Gasteiger charge is 2.02. The minimum atomic E-state index is 0.953. The van der Waals surface area contributed by atoms with Crippen LogP contribution in [0.5, 0.6) is 0 Å². The average Bonchev–Trinajstić information content (AvgIpc) is 2.86. The zero-order valence-corrected chi connectivity index (χ0v) is 6.03. The van der Waals surface area contributed by atoms with Crippen LogP contribution in [0.2, 0.25) is 0 Å². The molecular weight excluding hydrogens is 136 g/mol. The van der Waals surface area contributed by atoms with E-state index in [2.05, 4.69) is 12.1 Å². The molecule has 0 saturated heterocycles. The quantitative estimate of drug-likeness (QED) is 0.621. The third-order valence-electron chi connectivity index (χ3n) is 1.49. The second-order valence-corrected chi connectivity index (χ2v) is 2.38. The van der Waals surface area contributed by atoms with Gasteiger partial charge in [-0.25, -0.2) is 0 Å². The van der Waals surface area contributed by atoms with E-state index in [0.717, 1.165) is 5.76 Å². The van der Waals surface area contributed by atoms with Crippen LogP contribution in [0, 0.1) is 0 Å². The molecule has 1 nitrogen and oxygen atoms in total. The van der Waals surface area contributed by atoms with Crippen LogP contribution < -0.4 is 0 Å². The van der Waals surface area contributed by atoms with E-state index in [1.54, 1.807) is 6.26 Å². The monoisotopic (exact) mass is 144 g/mol. The minimum Gasteiger partial charge on any atom is -0.458 e. The zero-order valence-electron chi connectivity index (χ0n) is 6.03. The van der Waals surface area contributed by atoms with Crippen LogP contribution in [0.1, 0.15) is 5.56 Å². The lowest BCUT2D eigenvalue weighted by molar-refractivity contribution is 0.516. The summed E-state index contributed by atoms with van der Waals surface area (Å²) >= 11 is 0. The van der Waals surface area contributed by atoms with Gasteiger partial charge in [0.15, 0.2) is 5.76 Å². The van der Waals surface area contributed by atoms with Gasteiger partial charge in [-0.3, -0.25) is 0 Å². The van der Waals surface area contributed by atoms with Crippen molar-refractivity contribution in [1.82, 2.24) is 0 Å². The lowest BCUT2D eigenvalue weighted by Gasteiger charge is -1.87. The molecule has 0 radical (unpaired) electrons. The van der Waals surface area contributed by atoms with E-state index in [0.29, 0.717) is 0 Å². The number of hydrogen-bond donors (Lipinski definition) is 0. The molecule has 0 amide bonds. The molecule has 1 aromatic carbocycles. The Morgan fingerprint density at radius 1 is 1.00 bits per heavy atom. The molecule has 1 aliphatic heterocycles. The van der Waals surface area contributed by atoms with Crippen molar-refractivity contribution in [2.24, 2.45) is 0 Å². The first-order valence-corrected chi connectivity index (χ1v) is 3.55. The van der Waals surface area contributed by atoms with Crippen molar-refractivity contribution in [2.75, 3.05) is 0 Å². The molecule has 2 rings (SSSR count). The third-order valence-corrected chi connectivity index (χ3v) is 1.49. The van der Waals surface area contributed by atoms with E-state index >= 15 is 0 Å². The predicted molar refractivity (Wildman–Crippen MR) is 44.6 cm³/mol. The van der Waals surface area contributed by atoms with Crippen molar-refractivity contribution in [1.29, 1.82) is 0 Å². The predicted octanol–water partition coefficient (Wildman–Crippen LogP) is 2.57. The summed E-state index contributed by atoms with van der Waals surface area (Å²) in [5.41, 5.74) is 1.20. The van der Waals surface area contributed by atoms with E-state index in [1.807, 2.05) is 30.4 Å². The number of rotatable bonds is 2. The molecule has 1 heterocycles. The van der Waals surface area contributed by atoms with Gasteiger partial charge in [-0.15, -0.1) is 0 Å². The Balaban J connectivity index is 2.11. The summed E-state index contributed by atoms with van der Waals surface area (Å²) in [6.45, 7) is 0. The molecule has 0 N–H and O–H groups in total. The van der Waals surface area contributed by atoms with Crippen LogP contribution >= 0.6 is 0 Å². The molecule has 54 valence electrons. The normalized spacial score (nSPS) is 14.4. The van der Waals surface area contributed by atoms with Crippen molar-refractivity contribution >= 4 is 6.08 Å². The maximum Gasteiger partial charge on any atom is 0.161 e. The van der Waals surface area contributed by atoms with Gasteiger partial charge in [-0.1, -0.05) is 36.4 Å². The summed E-state index contributed by atoms with van der Waals surface area (Å²) < 4.78 is 4.84. The molecule has 11 heavy (non-hydrogen) atoms. The fourth-order valence-electron chi connectivity index (χ4n) is 0.855. The maximum absolute atomic E-state index is 4.84. The largest absolute Gasteiger partial charge is 0.458 e. The number of hydrogen-bond acceptors (Lipinski definition) is 1. The summed E-state index contributed by atoms with van der Waals surface area (Å²) in [7, 11) is 0. The first-order valence-electron chi connectivity index (χ1n) is 3.55. The maximum atomic E-state index is 4.84. The fraction of sp³-hybridized carbons (Fsp3) is 0. The Morgan fingerprint density at radius 3 is 2.36 bits per heavy atom. The second kappa shape index (κ2) is 2.62. The second-order valence-electron chi connectivity index (χ2n) is 2.38. The summed E-state index contributed by atoms with van der Waals surface area (Å²) in [6, 6.07) is 10.1. The summed E-state index contributed by atoms with van der Waals surface area (Å²) in [4.78, 5) is 0. The molecule has 0 atom stereocenters. The summed E-state index contributed by atoms with van der Waals surface area (Å²) in [5.74, 6) is 0.953. The van der Waals surface area contributed by atoms with Gasteiger partial charge in [-0.05, 0) is 11.6 Å². The van der Waals surface area contributed by atoms with E-state index in [-0.39, 0.29) is 0 Å². The molecule has 1 aromatic rings. The highest BCUT2D eigenvalue weighted by molar-refractivity contribution is 5.52. The van der Waals surface area contributed by atoms with Gasteiger partial charge >= 0.3 is 0 Å². The number of ether oxygens (including phenoxy) is 1. The van der Waals surface area contributed by atoms with E-state index in [9.17, 15) is 0 Å². The Hall–Kier alpha value is -1.50. The number of allylic oxidation sites excluding steroid dienone is 1. The molecule has 0 aliphatic carbocycles. The van der Waals surface area contributed by atoms with E-state index in [4.69, 9.17) is 4.74 Å². The first kappa shape index (κ1) is 6.23. The molecule has 0 unspecified atom stereocenters. The molecule has 0 saturated carbocycles. The Kier molecular flexibility index (Phi) is 1.48. The van der Waals surface area contributed by atoms with Crippen molar-refractivity contribution in [3.63, 3.8) is 0 Å². The lowest BCUT2D eigenvalue weighted by atomic mass is 10.2. The van der Waals surface area contributed by atoms with Crippen LogP contribution in [0.4, 0.5) is 0 Å². The van der Waals surface area contributed by atoms with Gasteiger partial charge in [0.25, 0.3) is 0 Å². The molecule has 1 aliphatic rings. The highest BCUT2D eigenvalue weighted by Crippen LogP contribution is 2.15. The molecule has 0 fully saturated rings. The van der Waals surface area contributed by atoms with Gasteiger partial charge in [0.1, 0.15) is 6.26 Å². The topological polar surface area (TPSA) is 12.5 Å². The molecular formula is C10H8O. The Labute approximate surface area is 65.6 Å². The fourth-order valence-corrected chi connectivity index (χ4v) is 0.855. The van der Waals surface area contributed by atoms with Gasteiger partial charge in [0.05, 0.1) is 0 Å². The van der Waals surface area contributed by atoms with Crippen molar-refractivity contribution in [2.45, 2.75) is 0 Å². The number of benzene rings is 1. The van der Waals surface area contributed by atoms with Crippen LogP contribution in [0.25, 0.3) is 6.08 Å².